The van der Waals surface area contributed by atoms with Crippen molar-refractivity contribution in [2.75, 3.05) is 31.1 Å². The summed E-state index contributed by atoms with van der Waals surface area (Å²) in [6, 6.07) is 6.47. The van der Waals surface area contributed by atoms with Crippen LogP contribution in [-0.2, 0) is 0 Å². The van der Waals surface area contributed by atoms with Crippen LogP contribution in [0.25, 0.3) is 5.69 Å². The third-order valence-corrected chi connectivity index (χ3v) is 3.13. The maximum Gasteiger partial charge on any atom is 0.210 e. The van der Waals surface area contributed by atoms with Gasteiger partial charge in [-0.1, -0.05) is 0 Å². The molecule has 0 radical (unpaired) electrons. The third-order valence-electron chi connectivity index (χ3n) is 3.13. The summed E-state index contributed by atoms with van der Waals surface area (Å²) >= 11 is 0. The molecular formula is C13H15FN4. The van der Waals surface area contributed by atoms with Crippen molar-refractivity contribution in [3.8, 4) is 5.69 Å². The standard InChI is InChI=1S/C13H15FN4/c14-11-1-3-12(4-2-11)18-10-7-16-13(18)17-8-5-15-6-9-17/h1-4,7,10,15H,5-6,8-9H2. The lowest BCUT2D eigenvalue weighted by Crippen LogP contribution is -2.44. The van der Waals surface area contributed by atoms with Crippen molar-refractivity contribution in [2.45, 2.75) is 0 Å². The Morgan fingerprint density at radius 1 is 1.11 bits per heavy atom. The van der Waals surface area contributed by atoms with Gasteiger partial charge in [0.15, 0.2) is 0 Å². The highest BCUT2D eigenvalue weighted by molar-refractivity contribution is 5.44. The van der Waals surface area contributed by atoms with Gasteiger partial charge in [0, 0.05) is 44.3 Å². The topological polar surface area (TPSA) is 33.1 Å². The Kier molecular flexibility index (Phi) is 2.98. The molecule has 0 amide bonds. The van der Waals surface area contributed by atoms with Crippen LogP contribution in [0, 0.1) is 5.82 Å². The predicted octanol–water partition coefficient (Wildman–Crippen LogP) is 1.42. The molecule has 94 valence electrons. The van der Waals surface area contributed by atoms with Crippen LogP contribution >= 0.6 is 0 Å². The van der Waals surface area contributed by atoms with Crippen molar-refractivity contribution in [3.05, 3.63) is 42.5 Å². The van der Waals surface area contributed by atoms with E-state index in [9.17, 15) is 4.39 Å². The molecule has 18 heavy (non-hydrogen) atoms. The Bertz CT molecular complexity index is 514. The molecule has 1 saturated heterocycles. The molecule has 3 rings (SSSR count). The van der Waals surface area contributed by atoms with E-state index in [2.05, 4.69) is 15.2 Å². The van der Waals surface area contributed by atoms with Gasteiger partial charge in [-0.15, -0.1) is 0 Å². The summed E-state index contributed by atoms with van der Waals surface area (Å²) in [4.78, 5) is 6.64. The highest BCUT2D eigenvalue weighted by atomic mass is 19.1. The first kappa shape index (κ1) is 11.2. The zero-order chi connectivity index (χ0) is 12.4. The molecule has 2 heterocycles. The normalized spacial score (nSPS) is 15.9. The molecule has 1 aliphatic heterocycles. The maximum absolute atomic E-state index is 12.9. The van der Waals surface area contributed by atoms with Crippen LogP contribution in [0.3, 0.4) is 0 Å². The minimum absolute atomic E-state index is 0.220. The van der Waals surface area contributed by atoms with Crippen LogP contribution in [0.5, 0.6) is 0 Å². The van der Waals surface area contributed by atoms with Crippen molar-refractivity contribution >= 4 is 5.95 Å². The van der Waals surface area contributed by atoms with E-state index in [0.717, 1.165) is 37.8 Å². The van der Waals surface area contributed by atoms with E-state index < -0.39 is 0 Å². The number of halogens is 1. The van der Waals surface area contributed by atoms with Crippen LogP contribution in [0.4, 0.5) is 10.3 Å². The Balaban J connectivity index is 1.93. The number of imidazole rings is 1. The number of hydrogen-bond acceptors (Lipinski definition) is 3. The summed E-state index contributed by atoms with van der Waals surface area (Å²) in [7, 11) is 0. The summed E-state index contributed by atoms with van der Waals surface area (Å²) in [6.07, 6.45) is 3.69. The van der Waals surface area contributed by atoms with Gasteiger partial charge in [0.05, 0.1) is 0 Å². The molecule has 2 aromatic rings. The molecule has 1 aliphatic rings. The van der Waals surface area contributed by atoms with Crippen LogP contribution in [0.15, 0.2) is 36.7 Å². The van der Waals surface area contributed by atoms with Crippen LogP contribution in [-0.4, -0.2) is 35.7 Å². The lowest BCUT2D eigenvalue weighted by atomic mass is 10.3. The number of nitrogens with one attached hydrogen (secondary N) is 1. The van der Waals surface area contributed by atoms with E-state index in [1.54, 1.807) is 18.3 Å². The third kappa shape index (κ3) is 2.09. The Morgan fingerprint density at radius 2 is 1.83 bits per heavy atom. The summed E-state index contributed by atoms with van der Waals surface area (Å²) in [5, 5.41) is 3.32. The molecule has 1 fully saturated rings. The van der Waals surface area contributed by atoms with Gasteiger partial charge in [-0.2, -0.15) is 0 Å². The molecule has 1 aromatic carbocycles. The molecule has 0 saturated carbocycles. The first-order valence-electron chi connectivity index (χ1n) is 6.09. The monoisotopic (exact) mass is 246 g/mol. The average molecular weight is 246 g/mol. The quantitative estimate of drug-likeness (QED) is 0.870. The molecule has 1 N–H and O–H groups in total. The van der Waals surface area contributed by atoms with Gasteiger partial charge >= 0.3 is 0 Å². The van der Waals surface area contributed by atoms with Gasteiger partial charge in [0.1, 0.15) is 5.82 Å². The van der Waals surface area contributed by atoms with Gasteiger partial charge in [0.2, 0.25) is 5.95 Å². The number of rotatable bonds is 2. The maximum atomic E-state index is 12.9. The van der Waals surface area contributed by atoms with Crippen LogP contribution < -0.4 is 10.2 Å². The second-order valence-electron chi connectivity index (χ2n) is 4.31. The molecule has 1 aromatic heterocycles. The van der Waals surface area contributed by atoms with Gasteiger partial charge in [-0.05, 0) is 24.3 Å². The fourth-order valence-electron chi connectivity index (χ4n) is 2.20. The zero-order valence-corrected chi connectivity index (χ0v) is 10.0. The smallest absolute Gasteiger partial charge is 0.210 e. The number of piperazine rings is 1. The van der Waals surface area contributed by atoms with E-state index in [4.69, 9.17) is 0 Å². The molecule has 0 atom stereocenters. The Labute approximate surface area is 105 Å². The van der Waals surface area contributed by atoms with Gasteiger partial charge in [0.25, 0.3) is 0 Å². The first-order chi connectivity index (χ1) is 8.84. The summed E-state index contributed by atoms with van der Waals surface area (Å²) in [6.45, 7) is 3.82. The number of aromatic nitrogens is 2. The number of nitrogens with zero attached hydrogens (tertiary/aromatic N) is 3. The minimum Gasteiger partial charge on any atom is -0.339 e. The Hall–Kier alpha value is -1.88. The van der Waals surface area contributed by atoms with E-state index >= 15 is 0 Å². The van der Waals surface area contributed by atoms with Gasteiger partial charge in [-0.3, -0.25) is 4.57 Å². The van der Waals surface area contributed by atoms with Crippen molar-refractivity contribution in [2.24, 2.45) is 0 Å². The fourth-order valence-corrected chi connectivity index (χ4v) is 2.20. The van der Waals surface area contributed by atoms with Crippen molar-refractivity contribution in [1.29, 1.82) is 0 Å². The lowest BCUT2D eigenvalue weighted by molar-refractivity contribution is 0.577. The molecule has 0 aliphatic carbocycles. The largest absolute Gasteiger partial charge is 0.339 e. The Morgan fingerprint density at radius 3 is 2.56 bits per heavy atom. The summed E-state index contributed by atoms with van der Waals surface area (Å²) < 4.78 is 14.9. The minimum atomic E-state index is -0.220. The highest BCUT2D eigenvalue weighted by Gasteiger charge is 2.15. The van der Waals surface area contributed by atoms with Crippen molar-refractivity contribution < 1.29 is 4.39 Å². The molecule has 0 unspecified atom stereocenters. The molecule has 4 nitrogen and oxygen atoms in total. The van der Waals surface area contributed by atoms with Crippen LogP contribution in [0.2, 0.25) is 0 Å². The number of benzene rings is 1. The molecule has 0 spiro atoms. The van der Waals surface area contributed by atoms with E-state index in [1.807, 2.05) is 10.8 Å². The molecular weight excluding hydrogens is 231 g/mol. The number of anilines is 1. The molecule has 5 heteroatoms. The predicted molar refractivity (Wildman–Crippen MR) is 68.6 cm³/mol. The summed E-state index contributed by atoms with van der Waals surface area (Å²) in [5.41, 5.74) is 0.933. The van der Waals surface area contributed by atoms with E-state index in [1.165, 1.54) is 12.1 Å². The molecule has 0 bridgehead atoms. The van der Waals surface area contributed by atoms with Crippen LogP contribution in [0.1, 0.15) is 0 Å². The van der Waals surface area contributed by atoms with Crippen molar-refractivity contribution in [3.63, 3.8) is 0 Å². The fraction of sp³-hybridized carbons (Fsp3) is 0.308. The van der Waals surface area contributed by atoms with E-state index in [0.29, 0.717) is 0 Å². The second-order valence-corrected chi connectivity index (χ2v) is 4.31. The zero-order valence-electron chi connectivity index (χ0n) is 10.0. The number of hydrogen-bond donors (Lipinski definition) is 1. The second kappa shape index (κ2) is 4.78. The highest BCUT2D eigenvalue weighted by Crippen LogP contribution is 2.18. The lowest BCUT2D eigenvalue weighted by Gasteiger charge is -2.28. The van der Waals surface area contributed by atoms with Gasteiger partial charge < -0.3 is 10.2 Å². The summed E-state index contributed by atoms with van der Waals surface area (Å²) in [5.74, 6) is 0.700. The van der Waals surface area contributed by atoms with Crippen molar-refractivity contribution in [1.82, 2.24) is 14.9 Å². The van der Waals surface area contributed by atoms with Gasteiger partial charge in [-0.25, -0.2) is 9.37 Å². The average Bonchev–Trinajstić information content (AvgIpc) is 2.90. The van der Waals surface area contributed by atoms with E-state index in [-0.39, 0.29) is 5.82 Å². The first-order valence-corrected chi connectivity index (χ1v) is 6.09. The SMILES string of the molecule is Fc1ccc(-n2ccnc2N2CCNCC2)cc1.